The smallest absolute Gasteiger partial charge is 0.123 e. The Kier molecular flexibility index (Phi) is 5.07. The number of aryl methyl sites for hydroxylation is 2. The highest BCUT2D eigenvalue weighted by molar-refractivity contribution is 9.10. The van der Waals surface area contributed by atoms with Crippen LogP contribution in [-0.4, -0.2) is 7.11 Å². The predicted octanol–water partition coefficient (Wildman–Crippen LogP) is 6.27. The predicted molar refractivity (Wildman–Crippen MR) is 97.0 cm³/mol. The van der Waals surface area contributed by atoms with Crippen LogP contribution in [0.1, 0.15) is 45.0 Å². The molecule has 21 heavy (non-hydrogen) atoms. The molecular formula is C17H18Br2OS. The molecule has 112 valence electrons. The first-order valence-corrected chi connectivity index (χ1v) is 9.80. The molecule has 1 atom stereocenters. The molecule has 0 radical (unpaired) electrons. The van der Waals surface area contributed by atoms with Gasteiger partial charge in [-0.1, -0.05) is 38.3 Å². The van der Waals surface area contributed by atoms with E-state index in [1.807, 2.05) is 23.5 Å². The van der Waals surface area contributed by atoms with Crippen LogP contribution in [0.4, 0.5) is 0 Å². The van der Waals surface area contributed by atoms with Crippen molar-refractivity contribution in [1.29, 1.82) is 0 Å². The second kappa shape index (κ2) is 6.84. The monoisotopic (exact) mass is 428 g/mol. The molecule has 0 amide bonds. The summed E-state index contributed by atoms with van der Waals surface area (Å²) in [5, 5.41) is 0. The summed E-state index contributed by atoms with van der Waals surface area (Å²) in [6.07, 6.45) is 6.51. The first-order chi connectivity index (χ1) is 10.2. The highest BCUT2D eigenvalue weighted by Crippen LogP contribution is 2.42. The van der Waals surface area contributed by atoms with E-state index < -0.39 is 0 Å². The van der Waals surface area contributed by atoms with Crippen molar-refractivity contribution in [1.82, 2.24) is 0 Å². The maximum atomic E-state index is 5.52. The van der Waals surface area contributed by atoms with E-state index >= 15 is 0 Å². The summed E-state index contributed by atoms with van der Waals surface area (Å²) in [6, 6.07) is 8.58. The van der Waals surface area contributed by atoms with E-state index in [4.69, 9.17) is 4.74 Å². The second-order valence-corrected chi connectivity index (χ2v) is 8.41. The van der Waals surface area contributed by atoms with Gasteiger partial charge < -0.3 is 4.74 Å². The summed E-state index contributed by atoms with van der Waals surface area (Å²) >= 11 is 9.39. The Morgan fingerprint density at radius 3 is 2.76 bits per heavy atom. The average molecular weight is 430 g/mol. The molecule has 0 spiro atoms. The quantitative estimate of drug-likeness (QED) is 0.412. The van der Waals surface area contributed by atoms with Crippen molar-refractivity contribution in [2.24, 2.45) is 0 Å². The lowest BCUT2D eigenvalue weighted by Crippen LogP contribution is -1.95. The summed E-state index contributed by atoms with van der Waals surface area (Å²) in [6.45, 7) is 0. The SMILES string of the molecule is COc1ccc(Br)cc1C(Br)c1cc2c(s1)CCCCC2. The number of rotatable bonds is 3. The summed E-state index contributed by atoms with van der Waals surface area (Å²) in [5.74, 6) is 0.934. The minimum atomic E-state index is 0.196. The Hall–Kier alpha value is -0.320. The Labute approximate surface area is 147 Å². The van der Waals surface area contributed by atoms with Crippen molar-refractivity contribution in [3.63, 3.8) is 0 Å². The molecule has 1 aromatic heterocycles. The van der Waals surface area contributed by atoms with Gasteiger partial charge in [0, 0.05) is 19.8 Å². The summed E-state index contributed by atoms with van der Waals surface area (Å²) < 4.78 is 6.60. The lowest BCUT2D eigenvalue weighted by atomic mass is 10.1. The van der Waals surface area contributed by atoms with Crippen molar-refractivity contribution in [3.05, 3.63) is 49.6 Å². The van der Waals surface area contributed by atoms with Gasteiger partial charge in [-0.15, -0.1) is 11.3 Å². The van der Waals surface area contributed by atoms with Gasteiger partial charge in [-0.05, 0) is 55.5 Å². The molecule has 1 aliphatic rings. The van der Waals surface area contributed by atoms with E-state index in [0.717, 1.165) is 10.2 Å². The molecule has 0 N–H and O–H groups in total. The lowest BCUT2D eigenvalue weighted by molar-refractivity contribution is 0.410. The van der Waals surface area contributed by atoms with E-state index in [-0.39, 0.29) is 4.83 Å². The van der Waals surface area contributed by atoms with Gasteiger partial charge in [0.25, 0.3) is 0 Å². The van der Waals surface area contributed by atoms with Gasteiger partial charge in [-0.25, -0.2) is 0 Å². The minimum Gasteiger partial charge on any atom is -0.496 e. The molecule has 0 bridgehead atoms. The second-order valence-electron chi connectivity index (χ2n) is 5.41. The van der Waals surface area contributed by atoms with Gasteiger partial charge in [-0.3, -0.25) is 0 Å². The largest absolute Gasteiger partial charge is 0.496 e. The van der Waals surface area contributed by atoms with E-state index in [2.05, 4.69) is 44.0 Å². The highest BCUT2D eigenvalue weighted by atomic mass is 79.9. The number of alkyl halides is 1. The first kappa shape index (κ1) is 15.6. The van der Waals surface area contributed by atoms with Crippen molar-refractivity contribution in [2.75, 3.05) is 7.11 Å². The fourth-order valence-electron chi connectivity index (χ4n) is 2.87. The van der Waals surface area contributed by atoms with Crippen LogP contribution in [0.3, 0.4) is 0 Å². The fourth-order valence-corrected chi connectivity index (χ4v) is 5.28. The average Bonchev–Trinajstić information content (AvgIpc) is 2.77. The van der Waals surface area contributed by atoms with Gasteiger partial charge in [0.2, 0.25) is 0 Å². The molecule has 0 saturated heterocycles. The molecule has 0 saturated carbocycles. The number of hydrogen-bond donors (Lipinski definition) is 0. The van der Waals surface area contributed by atoms with E-state index in [1.165, 1.54) is 42.5 Å². The van der Waals surface area contributed by atoms with Gasteiger partial charge in [0.1, 0.15) is 5.75 Å². The third kappa shape index (κ3) is 3.38. The van der Waals surface area contributed by atoms with Crippen molar-refractivity contribution in [2.45, 2.75) is 36.9 Å². The molecule has 4 heteroatoms. The van der Waals surface area contributed by atoms with Crippen molar-refractivity contribution in [3.8, 4) is 5.75 Å². The molecule has 1 unspecified atom stereocenters. The summed E-state index contributed by atoms with van der Waals surface area (Å²) in [5.41, 5.74) is 2.74. The van der Waals surface area contributed by atoms with E-state index in [9.17, 15) is 0 Å². The third-order valence-electron chi connectivity index (χ3n) is 3.98. The topological polar surface area (TPSA) is 9.23 Å². The van der Waals surface area contributed by atoms with Crippen LogP contribution >= 0.6 is 43.2 Å². The number of benzene rings is 1. The van der Waals surface area contributed by atoms with Gasteiger partial charge in [0.05, 0.1) is 11.9 Å². The molecule has 1 heterocycles. The number of thiophene rings is 1. The maximum absolute atomic E-state index is 5.52. The molecule has 1 nitrogen and oxygen atoms in total. The van der Waals surface area contributed by atoms with E-state index in [0.29, 0.717) is 0 Å². The van der Waals surface area contributed by atoms with Crippen LogP contribution in [0.25, 0.3) is 0 Å². The zero-order valence-electron chi connectivity index (χ0n) is 12.0. The van der Waals surface area contributed by atoms with Crippen LogP contribution in [0.2, 0.25) is 0 Å². The zero-order chi connectivity index (χ0) is 14.8. The summed E-state index contributed by atoms with van der Waals surface area (Å²) in [7, 11) is 1.73. The Morgan fingerprint density at radius 2 is 1.95 bits per heavy atom. The zero-order valence-corrected chi connectivity index (χ0v) is 16.0. The molecular weight excluding hydrogens is 412 g/mol. The highest BCUT2D eigenvalue weighted by Gasteiger charge is 2.20. The molecule has 1 aliphatic carbocycles. The third-order valence-corrected chi connectivity index (χ3v) is 7.07. The van der Waals surface area contributed by atoms with Crippen LogP contribution in [-0.2, 0) is 12.8 Å². The molecule has 2 aromatic rings. The van der Waals surface area contributed by atoms with Crippen LogP contribution in [0.15, 0.2) is 28.7 Å². The van der Waals surface area contributed by atoms with E-state index in [1.54, 1.807) is 17.6 Å². The van der Waals surface area contributed by atoms with Crippen LogP contribution in [0, 0.1) is 0 Å². The lowest BCUT2D eigenvalue weighted by Gasteiger charge is -2.13. The van der Waals surface area contributed by atoms with Crippen molar-refractivity contribution < 1.29 is 4.74 Å². The molecule has 0 fully saturated rings. The van der Waals surface area contributed by atoms with Crippen LogP contribution < -0.4 is 4.74 Å². The Morgan fingerprint density at radius 1 is 1.14 bits per heavy atom. The number of ether oxygens (including phenoxy) is 1. The Bertz CT molecular complexity index is 612. The van der Waals surface area contributed by atoms with Gasteiger partial charge in [0.15, 0.2) is 0 Å². The van der Waals surface area contributed by atoms with Crippen LogP contribution in [0.5, 0.6) is 5.75 Å². The fraction of sp³-hybridized carbons (Fsp3) is 0.412. The standard InChI is InChI=1S/C17H18Br2OS/c1-20-14-8-7-12(18)10-13(14)17(19)16-9-11-5-3-2-4-6-15(11)21-16/h7-10,17H,2-6H2,1H3. The maximum Gasteiger partial charge on any atom is 0.123 e. The number of fused-ring (bicyclic) bond motifs is 1. The summed E-state index contributed by atoms with van der Waals surface area (Å²) in [4.78, 5) is 3.17. The Balaban J connectivity index is 1.95. The molecule has 0 aliphatic heterocycles. The minimum absolute atomic E-state index is 0.196. The number of halogens is 2. The van der Waals surface area contributed by atoms with Gasteiger partial charge >= 0.3 is 0 Å². The number of hydrogen-bond acceptors (Lipinski definition) is 2. The van der Waals surface area contributed by atoms with Gasteiger partial charge in [-0.2, -0.15) is 0 Å². The number of methoxy groups -OCH3 is 1. The molecule has 1 aromatic carbocycles. The van der Waals surface area contributed by atoms with Crippen molar-refractivity contribution >= 4 is 43.2 Å². The molecule has 3 rings (SSSR count). The first-order valence-electron chi connectivity index (χ1n) is 7.28. The normalized spacial score (nSPS) is 16.1.